The Morgan fingerprint density at radius 1 is 1.21 bits per heavy atom. The number of phenolic OH excluding ortho intramolecular Hbond substituents is 1. The fourth-order valence-electron chi connectivity index (χ4n) is 2.41. The van der Waals surface area contributed by atoms with E-state index in [1.54, 1.807) is 43.3 Å². The van der Waals surface area contributed by atoms with Crippen LogP contribution < -0.4 is 5.43 Å². The lowest BCUT2D eigenvalue weighted by molar-refractivity contribution is -0.385. The second kappa shape index (κ2) is 8.44. The minimum Gasteiger partial charge on any atom is -0.506 e. The molecule has 0 aliphatic carbocycles. The first-order chi connectivity index (χ1) is 13.3. The zero-order valence-corrected chi connectivity index (χ0v) is 17.6. The summed E-state index contributed by atoms with van der Waals surface area (Å²) < 4.78 is 1.26. The fraction of sp³-hybridized carbons (Fsp3) is 0.0556. The number of nitrogens with zero attached hydrogens (tertiary/aromatic N) is 4. The van der Waals surface area contributed by atoms with Gasteiger partial charge in [-0.15, -0.1) is 0 Å². The molecule has 0 radical (unpaired) electrons. The summed E-state index contributed by atoms with van der Waals surface area (Å²) >= 11 is 6.66. The second-order valence-electron chi connectivity index (χ2n) is 5.69. The van der Waals surface area contributed by atoms with Crippen molar-refractivity contribution in [3.8, 4) is 17.1 Å². The van der Waals surface area contributed by atoms with E-state index in [0.717, 1.165) is 4.47 Å². The van der Waals surface area contributed by atoms with E-state index in [0.29, 0.717) is 32.9 Å². The topological polar surface area (TPSA) is 114 Å². The Hall–Kier alpha value is -2.85. The molecule has 0 saturated carbocycles. The molecular formula is C18H13Br2N5O3. The molecule has 28 heavy (non-hydrogen) atoms. The predicted molar refractivity (Wildman–Crippen MR) is 114 cm³/mol. The van der Waals surface area contributed by atoms with E-state index in [1.165, 1.54) is 12.3 Å². The Balaban J connectivity index is 1.90. The number of nitro benzene ring substituents is 1. The van der Waals surface area contributed by atoms with Crippen molar-refractivity contribution in [2.75, 3.05) is 5.43 Å². The van der Waals surface area contributed by atoms with Gasteiger partial charge < -0.3 is 5.11 Å². The lowest BCUT2D eigenvalue weighted by atomic mass is 10.2. The van der Waals surface area contributed by atoms with Gasteiger partial charge in [0.05, 0.1) is 26.7 Å². The van der Waals surface area contributed by atoms with Crippen molar-refractivity contribution in [2.24, 2.45) is 5.10 Å². The number of aromatic nitrogens is 2. The summed E-state index contributed by atoms with van der Waals surface area (Å²) in [7, 11) is 0. The van der Waals surface area contributed by atoms with Crippen molar-refractivity contribution >= 4 is 49.6 Å². The summed E-state index contributed by atoms with van der Waals surface area (Å²) in [6.45, 7) is 1.78. The SMILES string of the molecule is Cc1cc(NN=Cc2ccccc2[N+](=O)[O-])nc(-c2cc(Br)cc(Br)c2O)n1. The molecular weight excluding hydrogens is 494 g/mol. The molecule has 0 spiro atoms. The first-order valence-corrected chi connectivity index (χ1v) is 9.50. The molecule has 3 rings (SSSR count). The number of nitro groups is 1. The highest BCUT2D eigenvalue weighted by molar-refractivity contribution is 9.11. The van der Waals surface area contributed by atoms with Gasteiger partial charge in [-0.3, -0.25) is 15.5 Å². The van der Waals surface area contributed by atoms with E-state index in [-0.39, 0.29) is 11.4 Å². The van der Waals surface area contributed by atoms with E-state index in [9.17, 15) is 15.2 Å². The summed E-state index contributed by atoms with van der Waals surface area (Å²) in [5.74, 6) is 0.707. The largest absolute Gasteiger partial charge is 0.506 e. The maximum absolute atomic E-state index is 11.1. The molecule has 0 aliphatic rings. The summed E-state index contributed by atoms with van der Waals surface area (Å²) in [5.41, 5.74) is 4.16. The van der Waals surface area contributed by atoms with Gasteiger partial charge in [0.1, 0.15) is 5.75 Å². The molecule has 2 N–H and O–H groups in total. The van der Waals surface area contributed by atoms with Gasteiger partial charge in [0.15, 0.2) is 11.6 Å². The molecule has 8 nitrogen and oxygen atoms in total. The number of hydrazone groups is 1. The van der Waals surface area contributed by atoms with Crippen LogP contribution in [0, 0.1) is 17.0 Å². The van der Waals surface area contributed by atoms with Gasteiger partial charge in [-0.1, -0.05) is 28.1 Å². The Morgan fingerprint density at radius 3 is 2.71 bits per heavy atom. The van der Waals surface area contributed by atoms with Crippen molar-refractivity contribution in [1.29, 1.82) is 0 Å². The molecule has 0 bridgehead atoms. The number of para-hydroxylation sites is 1. The maximum atomic E-state index is 11.1. The molecule has 142 valence electrons. The molecule has 0 atom stereocenters. The fourth-order valence-corrected chi connectivity index (χ4v) is 3.64. The summed E-state index contributed by atoms with van der Waals surface area (Å²) in [6.07, 6.45) is 1.35. The third-order valence-electron chi connectivity index (χ3n) is 3.64. The zero-order chi connectivity index (χ0) is 20.3. The molecule has 0 aliphatic heterocycles. The number of phenols is 1. The number of hydrogen-bond acceptors (Lipinski definition) is 7. The van der Waals surface area contributed by atoms with Crippen LogP contribution in [-0.4, -0.2) is 26.2 Å². The quantitative estimate of drug-likeness (QED) is 0.285. The molecule has 1 heterocycles. The van der Waals surface area contributed by atoms with Crippen molar-refractivity contribution in [1.82, 2.24) is 9.97 Å². The van der Waals surface area contributed by atoms with Gasteiger partial charge in [-0.25, -0.2) is 9.97 Å². The van der Waals surface area contributed by atoms with Crippen LogP contribution in [0.1, 0.15) is 11.3 Å². The van der Waals surface area contributed by atoms with Crippen LogP contribution in [0.4, 0.5) is 11.5 Å². The van der Waals surface area contributed by atoms with E-state index < -0.39 is 4.92 Å². The van der Waals surface area contributed by atoms with Crippen molar-refractivity contribution < 1.29 is 10.0 Å². The Kier molecular flexibility index (Phi) is 6.00. The summed E-state index contributed by atoms with van der Waals surface area (Å²) in [5, 5.41) is 25.4. The molecule has 3 aromatic rings. The highest BCUT2D eigenvalue weighted by Crippen LogP contribution is 2.37. The molecule has 1 aromatic heterocycles. The number of anilines is 1. The van der Waals surface area contributed by atoms with Gasteiger partial charge in [0.25, 0.3) is 5.69 Å². The molecule has 0 amide bonds. The highest BCUT2D eigenvalue weighted by Gasteiger charge is 2.14. The van der Waals surface area contributed by atoms with Gasteiger partial charge in [-0.05, 0) is 41.1 Å². The summed E-state index contributed by atoms with van der Waals surface area (Å²) in [6, 6.07) is 11.4. The second-order valence-corrected chi connectivity index (χ2v) is 7.46. The number of nitrogens with one attached hydrogen (secondary N) is 1. The third kappa shape index (κ3) is 4.52. The molecule has 0 saturated heterocycles. The monoisotopic (exact) mass is 505 g/mol. The summed E-state index contributed by atoms with van der Waals surface area (Å²) in [4.78, 5) is 19.3. The number of halogens is 2. The third-order valence-corrected chi connectivity index (χ3v) is 4.70. The molecule has 0 fully saturated rings. The van der Waals surface area contributed by atoms with Crippen LogP contribution in [0.5, 0.6) is 5.75 Å². The smallest absolute Gasteiger partial charge is 0.278 e. The Bertz CT molecular complexity index is 1090. The molecule has 10 heteroatoms. The predicted octanol–water partition coefficient (Wildman–Crippen LogP) is 5.04. The van der Waals surface area contributed by atoms with Crippen LogP contribution >= 0.6 is 31.9 Å². The van der Waals surface area contributed by atoms with Gasteiger partial charge in [-0.2, -0.15) is 5.10 Å². The van der Waals surface area contributed by atoms with E-state index in [2.05, 4.69) is 52.4 Å². The number of aromatic hydroxyl groups is 1. The first-order valence-electron chi connectivity index (χ1n) is 7.91. The lowest BCUT2D eigenvalue weighted by Gasteiger charge is -2.09. The normalized spacial score (nSPS) is 11.0. The van der Waals surface area contributed by atoms with Crippen molar-refractivity contribution in [3.63, 3.8) is 0 Å². The van der Waals surface area contributed by atoms with Crippen LogP contribution in [0.2, 0.25) is 0 Å². The molecule has 2 aromatic carbocycles. The van der Waals surface area contributed by atoms with Crippen molar-refractivity contribution in [3.05, 3.63) is 72.8 Å². The van der Waals surface area contributed by atoms with E-state index in [4.69, 9.17) is 0 Å². The Labute approximate surface area is 176 Å². The van der Waals surface area contributed by atoms with Gasteiger partial charge in [0, 0.05) is 22.3 Å². The van der Waals surface area contributed by atoms with Gasteiger partial charge in [0.2, 0.25) is 0 Å². The van der Waals surface area contributed by atoms with Gasteiger partial charge >= 0.3 is 0 Å². The number of hydrogen-bond donors (Lipinski definition) is 2. The average molecular weight is 507 g/mol. The number of rotatable bonds is 5. The van der Waals surface area contributed by atoms with Crippen molar-refractivity contribution in [2.45, 2.75) is 6.92 Å². The zero-order valence-electron chi connectivity index (χ0n) is 14.4. The van der Waals surface area contributed by atoms with Crippen LogP contribution in [0.25, 0.3) is 11.4 Å². The minimum absolute atomic E-state index is 0.0168. The lowest BCUT2D eigenvalue weighted by Crippen LogP contribution is -2.00. The first kappa shape index (κ1) is 19.9. The van der Waals surface area contributed by atoms with Crippen LogP contribution in [0.3, 0.4) is 0 Å². The Morgan fingerprint density at radius 2 is 1.96 bits per heavy atom. The maximum Gasteiger partial charge on any atom is 0.278 e. The minimum atomic E-state index is -0.470. The number of benzene rings is 2. The van der Waals surface area contributed by atoms with Crippen LogP contribution in [-0.2, 0) is 0 Å². The highest BCUT2D eigenvalue weighted by atomic mass is 79.9. The van der Waals surface area contributed by atoms with E-state index >= 15 is 0 Å². The average Bonchev–Trinajstić information content (AvgIpc) is 2.64. The standard InChI is InChI=1S/C18H13Br2N5O3/c1-10-6-16(24-21-9-11-4-2-3-5-15(11)25(27)28)23-18(22-10)13-7-12(19)8-14(20)17(13)26/h2-9,26H,1H3,(H,22,23,24). The van der Waals surface area contributed by atoms with Crippen LogP contribution in [0.15, 0.2) is 56.5 Å². The number of aryl methyl sites for hydroxylation is 1. The van der Waals surface area contributed by atoms with E-state index in [1.807, 2.05) is 0 Å². The molecule has 0 unspecified atom stereocenters.